The summed E-state index contributed by atoms with van der Waals surface area (Å²) in [6.07, 6.45) is 4.22. The minimum atomic E-state index is -0.202. The average molecular weight is 371 g/mol. The summed E-state index contributed by atoms with van der Waals surface area (Å²) in [6, 6.07) is 7.86. The molecule has 0 saturated carbocycles. The lowest BCUT2D eigenvalue weighted by molar-refractivity contribution is -0.133. The zero-order valence-corrected chi connectivity index (χ0v) is 15.7. The normalized spacial score (nSPS) is 16.8. The Morgan fingerprint density at radius 1 is 1.41 bits per heavy atom. The number of piperidine rings is 1. The first-order chi connectivity index (χ1) is 13.0. The first-order valence-corrected chi connectivity index (χ1v) is 9.15. The maximum absolute atomic E-state index is 12.2. The number of ether oxygens (including phenoxy) is 1. The van der Waals surface area contributed by atoms with Gasteiger partial charge in [-0.25, -0.2) is 4.98 Å². The number of nitrogens with zero attached hydrogens (tertiary/aromatic N) is 2. The molecule has 1 fully saturated rings. The van der Waals surface area contributed by atoms with Gasteiger partial charge in [-0.1, -0.05) is 12.1 Å². The van der Waals surface area contributed by atoms with E-state index in [1.807, 2.05) is 24.3 Å². The van der Waals surface area contributed by atoms with Gasteiger partial charge in [-0.2, -0.15) is 0 Å². The number of benzene rings is 1. The van der Waals surface area contributed by atoms with E-state index in [4.69, 9.17) is 9.15 Å². The second kappa shape index (κ2) is 8.70. The summed E-state index contributed by atoms with van der Waals surface area (Å²) in [4.78, 5) is 29.4. The van der Waals surface area contributed by atoms with Crippen LogP contribution in [0.1, 0.15) is 42.9 Å². The van der Waals surface area contributed by atoms with Crippen molar-refractivity contribution < 1.29 is 18.7 Å². The smallest absolute Gasteiger partial charge is 0.241 e. The highest BCUT2D eigenvalue weighted by Crippen LogP contribution is 2.27. The number of rotatable bonds is 6. The molecule has 1 aromatic carbocycles. The summed E-state index contributed by atoms with van der Waals surface area (Å²) in [7, 11) is 1.65. The second-order valence-electron chi connectivity index (χ2n) is 6.78. The van der Waals surface area contributed by atoms with Gasteiger partial charge in [-0.15, -0.1) is 0 Å². The zero-order valence-electron chi connectivity index (χ0n) is 15.7. The van der Waals surface area contributed by atoms with Gasteiger partial charge in [-0.3, -0.25) is 9.59 Å². The third kappa shape index (κ3) is 5.09. The summed E-state index contributed by atoms with van der Waals surface area (Å²) in [5.74, 6) is 2.08. The van der Waals surface area contributed by atoms with Crippen LogP contribution in [0.25, 0.3) is 0 Å². The van der Waals surface area contributed by atoms with Crippen molar-refractivity contribution in [1.29, 1.82) is 0 Å². The van der Waals surface area contributed by atoms with Crippen LogP contribution in [0.4, 0.5) is 0 Å². The quantitative estimate of drug-likeness (QED) is 0.841. The number of carbonyl (C=O) groups is 2. The van der Waals surface area contributed by atoms with E-state index in [0.29, 0.717) is 25.4 Å². The lowest BCUT2D eigenvalue weighted by atomic mass is 9.98. The first-order valence-electron chi connectivity index (χ1n) is 9.15. The number of nitrogens with one attached hydrogen (secondary N) is 1. The molecule has 3 rings (SSSR count). The van der Waals surface area contributed by atoms with Crippen LogP contribution in [0.5, 0.6) is 5.75 Å². The Hall–Kier alpha value is -2.83. The summed E-state index contributed by atoms with van der Waals surface area (Å²) >= 11 is 0. The van der Waals surface area contributed by atoms with E-state index < -0.39 is 0 Å². The second-order valence-corrected chi connectivity index (χ2v) is 6.78. The molecule has 0 aliphatic carbocycles. The van der Waals surface area contributed by atoms with Gasteiger partial charge in [0.2, 0.25) is 11.8 Å². The van der Waals surface area contributed by atoms with Gasteiger partial charge in [0.25, 0.3) is 0 Å². The van der Waals surface area contributed by atoms with E-state index in [0.717, 1.165) is 29.9 Å². The highest BCUT2D eigenvalue weighted by atomic mass is 16.5. The van der Waals surface area contributed by atoms with Gasteiger partial charge in [0, 0.05) is 26.4 Å². The third-order valence-corrected chi connectivity index (χ3v) is 4.70. The number of carbonyl (C=O) groups excluding carboxylic acids is 2. The Morgan fingerprint density at radius 2 is 2.26 bits per heavy atom. The monoisotopic (exact) mass is 371 g/mol. The molecule has 0 bridgehead atoms. The van der Waals surface area contributed by atoms with Gasteiger partial charge in [0.15, 0.2) is 5.89 Å². The molecule has 1 atom stereocenters. The fourth-order valence-corrected chi connectivity index (χ4v) is 3.29. The number of hydrogen-bond acceptors (Lipinski definition) is 5. The van der Waals surface area contributed by atoms with E-state index >= 15 is 0 Å². The summed E-state index contributed by atoms with van der Waals surface area (Å²) in [5, 5.41) is 2.56. The van der Waals surface area contributed by atoms with Gasteiger partial charge in [-0.05, 0) is 30.5 Å². The average Bonchev–Trinajstić information content (AvgIpc) is 3.14. The van der Waals surface area contributed by atoms with Crippen molar-refractivity contribution in [3.05, 3.63) is 47.7 Å². The van der Waals surface area contributed by atoms with Crippen molar-refractivity contribution in [1.82, 2.24) is 15.2 Å². The van der Waals surface area contributed by atoms with Crippen LogP contribution in [-0.4, -0.2) is 48.4 Å². The van der Waals surface area contributed by atoms with Crippen LogP contribution in [0.15, 0.2) is 34.9 Å². The van der Waals surface area contributed by atoms with Crippen LogP contribution in [0.2, 0.25) is 0 Å². The number of aromatic nitrogens is 1. The Morgan fingerprint density at radius 3 is 3.04 bits per heavy atom. The molecule has 1 saturated heterocycles. The van der Waals surface area contributed by atoms with Crippen molar-refractivity contribution in [2.24, 2.45) is 0 Å². The highest BCUT2D eigenvalue weighted by molar-refractivity contribution is 5.83. The zero-order chi connectivity index (χ0) is 19.2. The molecule has 2 heterocycles. The molecule has 2 amide bonds. The van der Waals surface area contributed by atoms with Gasteiger partial charge in [0.1, 0.15) is 11.5 Å². The molecule has 1 aliphatic heterocycles. The molecule has 27 heavy (non-hydrogen) atoms. The molecule has 0 spiro atoms. The first kappa shape index (κ1) is 18.9. The lowest BCUT2D eigenvalue weighted by Gasteiger charge is -2.31. The maximum atomic E-state index is 12.2. The van der Waals surface area contributed by atoms with E-state index in [1.54, 1.807) is 18.2 Å². The molecule has 0 radical (unpaired) electrons. The molecule has 7 nitrogen and oxygen atoms in total. The fraction of sp³-hybridized carbons (Fsp3) is 0.450. The molecular weight excluding hydrogens is 346 g/mol. The fourth-order valence-electron chi connectivity index (χ4n) is 3.29. The number of oxazole rings is 1. The van der Waals surface area contributed by atoms with Gasteiger partial charge < -0.3 is 19.4 Å². The highest BCUT2D eigenvalue weighted by Gasteiger charge is 2.27. The van der Waals surface area contributed by atoms with Crippen LogP contribution in [0.3, 0.4) is 0 Å². The Labute approximate surface area is 158 Å². The maximum Gasteiger partial charge on any atom is 0.241 e. The predicted molar refractivity (Wildman–Crippen MR) is 99.5 cm³/mol. The predicted octanol–water partition coefficient (Wildman–Crippen LogP) is 2.12. The topological polar surface area (TPSA) is 84.7 Å². The molecule has 2 aromatic rings. The van der Waals surface area contributed by atoms with Crippen molar-refractivity contribution in [3.63, 3.8) is 0 Å². The minimum absolute atomic E-state index is 0.0364. The third-order valence-electron chi connectivity index (χ3n) is 4.70. The molecule has 1 N–H and O–H groups in total. The summed E-state index contributed by atoms with van der Waals surface area (Å²) in [5.41, 5.74) is 1.09. The van der Waals surface area contributed by atoms with E-state index in [9.17, 15) is 9.59 Å². The Bertz CT molecular complexity index is 802. The Balaban J connectivity index is 1.61. The van der Waals surface area contributed by atoms with Crippen LogP contribution < -0.4 is 10.1 Å². The van der Waals surface area contributed by atoms with Crippen LogP contribution in [0, 0.1) is 0 Å². The van der Waals surface area contributed by atoms with E-state index in [2.05, 4.69) is 10.3 Å². The molecule has 7 heteroatoms. The van der Waals surface area contributed by atoms with Crippen molar-refractivity contribution in [2.75, 3.05) is 26.7 Å². The SMILES string of the molecule is COc1cccc(Cc2cnc([C@@H]3CCCN(C(=O)CNC(C)=O)C3)o2)c1. The number of methoxy groups -OCH3 is 1. The standard InChI is InChI=1S/C20H25N3O4/c1-14(24)21-12-19(25)23-8-4-6-16(13-23)20-22-11-18(27-20)10-15-5-3-7-17(9-15)26-2/h3,5,7,9,11,16H,4,6,8,10,12-13H2,1-2H3,(H,21,24)/t16-/m1/s1. The number of likely N-dealkylation sites (tertiary alicyclic amines) is 1. The number of amides is 2. The number of hydrogen-bond donors (Lipinski definition) is 1. The summed E-state index contributed by atoms with van der Waals surface area (Å²) < 4.78 is 11.2. The molecule has 0 unspecified atom stereocenters. The largest absolute Gasteiger partial charge is 0.497 e. The van der Waals surface area contributed by atoms with Crippen molar-refractivity contribution in [2.45, 2.75) is 32.1 Å². The van der Waals surface area contributed by atoms with Crippen molar-refractivity contribution >= 4 is 11.8 Å². The molecular formula is C20H25N3O4. The van der Waals surface area contributed by atoms with Crippen LogP contribution >= 0.6 is 0 Å². The lowest BCUT2D eigenvalue weighted by Crippen LogP contribution is -2.44. The minimum Gasteiger partial charge on any atom is -0.497 e. The molecule has 144 valence electrons. The van der Waals surface area contributed by atoms with Gasteiger partial charge >= 0.3 is 0 Å². The summed E-state index contributed by atoms with van der Waals surface area (Å²) in [6.45, 7) is 2.71. The molecule has 1 aliphatic rings. The van der Waals surface area contributed by atoms with Crippen molar-refractivity contribution in [3.8, 4) is 5.75 Å². The Kier molecular flexibility index (Phi) is 6.11. The van der Waals surface area contributed by atoms with E-state index in [1.165, 1.54) is 6.92 Å². The van der Waals surface area contributed by atoms with Crippen LogP contribution in [-0.2, 0) is 16.0 Å². The van der Waals surface area contributed by atoms with E-state index in [-0.39, 0.29) is 24.3 Å². The molecule has 1 aromatic heterocycles. The van der Waals surface area contributed by atoms with Gasteiger partial charge in [0.05, 0.1) is 25.8 Å².